The summed E-state index contributed by atoms with van der Waals surface area (Å²) in [5.74, 6) is -0.819. The van der Waals surface area contributed by atoms with E-state index in [4.69, 9.17) is 9.47 Å². The molecule has 0 aliphatic carbocycles. The van der Waals surface area contributed by atoms with Gasteiger partial charge in [0.15, 0.2) is 0 Å². The molecule has 2 aromatic rings. The van der Waals surface area contributed by atoms with Crippen molar-refractivity contribution in [2.45, 2.75) is 12.6 Å². The first-order chi connectivity index (χ1) is 14.8. The van der Waals surface area contributed by atoms with Crippen molar-refractivity contribution in [2.24, 2.45) is 0 Å². The zero-order chi connectivity index (χ0) is 22.6. The fourth-order valence-electron chi connectivity index (χ4n) is 3.28. The van der Waals surface area contributed by atoms with Gasteiger partial charge in [0.25, 0.3) is 11.8 Å². The molecule has 0 atom stereocenters. The SMILES string of the molecule is COCCCN1C(=O)C(Nc2cccc(C(F)(F)F)c2)=C(c2ccccc2OC)C1=O. The van der Waals surface area contributed by atoms with Crippen LogP contribution in [0.2, 0.25) is 0 Å². The summed E-state index contributed by atoms with van der Waals surface area (Å²) < 4.78 is 49.6. The van der Waals surface area contributed by atoms with E-state index >= 15 is 0 Å². The van der Waals surface area contributed by atoms with Gasteiger partial charge in [0.1, 0.15) is 11.4 Å². The molecule has 164 valence electrons. The molecule has 0 fully saturated rings. The Morgan fingerprint density at radius 1 is 1.00 bits per heavy atom. The number of hydrogen-bond donors (Lipinski definition) is 1. The number of para-hydroxylation sites is 1. The number of nitrogens with zero attached hydrogens (tertiary/aromatic N) is 1. The van der Waals surface area contributed by atoms with Crippen LogP contribution in [0.15, 0.2) is 54.2 Å². The van der Waals surface area contributed by atoms with E-state index in [9.17, 15) is 22.8 Å². The first-order valence-corrected chi connectivity index (χ1v) is 9.45. The average Bonchev–Trinajstić information content (AvgIpc) is 2.97. The molecule has 0 unspecified atom stereocenters. The Labute approximate surface area is 177 Å². The zero-order valence-corrected chi connectivity index (χ0v) is 17.0. The quantitative estimate of drug-likeness (QED) is 0.504. The van der Waals surface area contributed by atoms with E-state index < -0.39 is 23.6 Å². The number of carbonyl (C=O) groups is 2. The molecular weight excluding hydrogens is 413 g/mol. The van der Waals surface area contributed by atoms with Gasteiger partial charge in [0, 0.05) is 31.5 Å². The van der Waals surface area contributed by atoms with Crippen molar-refractivity contribution in [3.05, 3.63) is 65.4 Å². The number of carbonyl (C=O) groups excluding carboxylic acids is 2. The van der Waals surface area contributed by atoms with Gasteiger partial charge in [-0.15, -0.1) is 0 Å². The highest BCUT2D eigenvalue weighted by molar-refractivity contribution is 6.37. The van der Waals surface area contributed by atoms with Crippen molar-refractivity contribution in [2.75, 3.05) is 32.7 Å². The number of alkyl halides is 3. The summed E-state index contributed by atoms with van der Waals surface area (Å²) in [4.78, 5) is 27.2. The number of rotatable bonds is 8. The number of anilines is 1. The summed E-state index contributed by atoms with van der Waals surface area (Å²) >= 11 is 0. The van der Waals surface area contributed by atoms with Crippen molar-refractivity contribution in [1.82, 2.24) is 4.90 Å². The minimum atomic E-state index is -4.54. The van der Waals surface area contributed by atoms with Crippen LogP contribution >= 0.6 is 0 Å². The van der Waals surface area contributed by atoms with E-state index in [2.05, 4.69) is 5.32 Å². The molecule has 6 nitrogen and oxygen atoms in total. The Morgan fingerprint density at radius 3 is 2.42 bits per heavy atom. The summed E-state index contributed by atoms with van der Waals surface area (Å²) in [6.07, 6.45) is -4.12. The maximum Gasteiger partial charge on any atom is 0.416 e. The van der Waals surface area contributed by atoms with E-state index in [1.165, 1.54) is 26.4 Å². The third-order valence-corrected chi connectivity index (χ3v) is 4.73. The standard InChI is InChI=1S/C22H21F3N2O4/c1-30-12-6-11-27-20(28)18(16-9-3-4-10-17(16)31-2)19(21(27)29)26-15-8-5-7-14(13-15)22(23,24)25/h3-5,7-10,13,26H,6,11-12H2,1-2H3. The zero-order valence-electron chi connectivity index (χ0n) is 17.0. The van der Waals surface area contributed by atoms with Crippen LogP contribution in [-0.4, -0.2) is 44.1 Å². The van der Waals surface area contributed by atoms with Crippen molar-refractivity contribution in [3.8, 4) is 5.75 Å². The molecular formula is C22H21F3N2O4. The third-order valence-electron chi connectivity index (χ3n) is 4.73. The van der Waals surface area contributed by atoms with Gasteiger partial charge in [-0.1, -0.05) is 24.3 Å². The summed E-state index contributed by atoms with van der Waals surface area (Å²) in [6.45, 7) is 0.454. The van der Waals surface area contributed by atoms with E-state index in [-0.39, 0.29) is 23.5 Å². The predicted octanol–water partition coefficient (Wildman–Crippen LogP) is 3.94. The fourth-order valence-corrected chi connectivity index (χ4v) is 3.28. The van der Waals surface area contributed by atoms with Gasteiger partial charge in [-0.3, -0.25) is 14.5 Å². The van der Waals surface area contributed by atoms with Crippen molar-refractivity contribution >= 4 is 23.1 Å². The normalized spacial score (nSPS) is 14.4. The van der Waals surface area contributed by atoms with Crippen molar-refractivity contribution in [3.63, 3.8) is 0 Å². The molecule has 0 aromatic heterocycles. The molecule has 0 bridgehead atoms. The Kier molecular flexibility index (Phi) is 6.65. The number of ether oxygens (including phenoxy) is 2. The predicted molar refractivity (Wildman–Crippen MR) is 108 cm³/mol. The van der Waals surface area contributed by atoms with Crippen LogP contribution in [0.4, 0.5) is 18.9 Å². The molecule has 2 aromatic carbocycles. The largest absolute Gasteiger partial charge is 0.496 e. The number of halogens is 3. The topological polar surface area (TPSA) is 67.9 Å². The van der Waals surface area contributed by atoms with E-state index in [1.54, 1.807) is 24.3 Å². The van der Waals surface area contributed by atoms with E-state index in [0.29, 0.717) is 24.3 Å². The highest BCUT2D eigenvalue weighted by Crippen LogP contribution is 2.36. The highest BCUT2D eigenvalue weighted by Gasteiger charge is 2.40. The van der Waals surface area contributed by atoms with Gasteiger partial charge in [0.2, 0.25) is 0 Å². The van der Waals surface area contributed by atoms with Gasteiger partial charge in [-0.05, 0) is 30.7 Å². The van der Waals surface area contributed by atoms with Gasteiger partial charge >= 0.3 is 6.18 Å². The average molecular weight is 434 g/mol. The highest BCUT2D eigenvalue weighted by atomic mass is 19.4. The molecule has 1 aliphatic heterocycles. The van der Waals surface area contributed by atoms with Crippen LogP contribution in [0, 0.1) is 0 Å². The van der Waals surface area contributed by atoms with Crippen LogP contribution in [0.3, 0.4) is 0 Å². The number of imide groups is 1. The van der Waals surface area contributed by atoms with Crippen LogP contribution in [-0.2, 0) is 20.5 Å². The number of hydrogen-bond acceptors (Lipinski definition) is 5. The summed E-state index contributed by atoms with van der Waals surface area (Å²) in [5, 5.41) is 2.73. The second kappa shape index (κ2) is 9.22. The maximum atomic E-state index is 13.1. The van der Waals surface area contributed by atoms with Crippen molar-refractivity contribution in [1.29, 1.82) is 0 Å². The molecule has 3 rings (SSSR count). The minimum Gasteiger partial charge on any atom is -0.496 e. The second-order valence-corrected chi connectivity index (χ2v) is 6.76. The number of methoxy groups -OCH3 is 2. The maximum absolute atomic E-state index is 13.1. The fraction of sp³-hybridized carbons (Fsp3) is 0.273. The molecule has 1 aliphatic rings. The lowest BCUT2D eigenvalue weighted by molar-refractivity contribution is -0.138. The number of benzene rings is 2. The molecule has 0 saturated heterocycles. The number of amides is 2. The van der Waals surface area contributed by atoms with Crippen molar-refractivity contribution < 1.29 is 32.2 Å². The molecule has 9 heteroatoms. The number of nitrogens with one attached hydrogen (secondary N) is 1. The molecule has 0 radical (unpaired) electrons. The van der Waals surface area contributed by atoms with Crippen LogP contribution < -0.4 is 10.1 Å². The smallest absolute Gasteiger partial charge is 0.416 e. The molecule has 31 heavy (non-hydrogen) atoms. The lowest BCUT2D eigenvalue weighted by Gasteiger charge is -2.15. The van der Waals surface area contributed by atoms with Crippen LogP contribution in [0.1, 0.15) is 17.5 Å². The molecule has 1 heterocycles. The van der Waals surface area contributed by atoms with Gasteiger partial charge < -0.3 is 14.8 Å². The van der Waals surface area contributed by atoms with Crippen LogP contribution in [0.25, 0.3) is 5.57 Å². The Hall–Kier alpha value is -3.33. The van der Waals surface area contributed by atoms with E-state index in [1.807, 2.05) is 0 Å². The Morgan fingerprint density at radius 2 is 1.74 bits per heavy atom. The van der Waals surface area contributed by atoms with E-state index in [0.717, 1.165) is 17.0 Å². The monoisotopic (exact) mass is 434 g/mol. The third kappa shape index (κ3) is 4.72. The lowest BCUT2D eigenvalue weighted by Crippen LogP contribution is -2.34. The first-order valence-electron chi connectivity index (χ1n) is 9.45. The second-order valence-electron chi connectivity index (χ2n) is 6.76. The summed E-state index contributed by atoms with van der Waals surface area (Å²) in [7, 11) is 2.93. The van der Waals surface area contributed by atoms with Gasteiger partial charge in [0.05, 0.1) is 18.2 Å². The molecule has 1 N–H and O–H groups in total. The van der Waals surface area contributed by atoms with Crippen LogP contribution in [0.5, 0.6) is 5.75 Å². The Bertz CT molecular complexity index is 1020. The van der Waals surface area contributed by atoms with Gasteiger partial charge in [-0.2, -0.15) is 13.2 Å². The minimum absolute atomic E-state index is 0.0390. The lowest BCUT2D eigenvalue weighted by atomic mass is 10.0. The van der Waals surface area contributed by atoms with Gasteiger partial charge in [-0.25, -0.2) is 0 Å². The summed E-state index contributed by atoms with van der Waals surface area (Å²) in [6, 6.07) is 11.1. The molecule has 0 spiro atoms. The summed E-state index contributed by atoms with van der Waals surface area (Å²) in [5.41, 5.74) is -0.529. The molecule has 2 amide bonds. The Balaban J connectivity index is 2.06. The first kappa shape index (κ1) is 22.4. The molecule has 0 saturated carbocycles.